The van der Waals surface area contributed by atoms with Gasteiger partial charge in [0.15, 0.2) is 0 Å². The molecule has 0 saturated heterocycles. The second-order valence-corrected chi connectivity index (χ2v) is 7.71. The second-order valence-electron chi connectivity index (χ2n) is 7.71. The van der Waals surface area contributed by atoms with Gasteiger partial charge >= 0.3 is 11.8 Å². The van der Waals surface area contributed by atoms with Crippen molar-refractivity contribution in [2.24, 2.45) is 17.8 Å². The van der Waals surface area contributed by atoms with Crippen molar-refractivity contribution in [2.45, 2.75) is 44.1 Å². The zero-order valence-corrected chi connectivity index (χ0v) is 13.2. The first-order chi connectivity index (χ1) is 9.96. The summed E-state index contributed by atoms with van der Waals surface area (Å²) in [5.74, 6) is 1.40. The van der Waals surface area contributed by atoms with E-state index in [1.165, 1.54) is 19.3 Å². The van der Waals surface area contributed by atoms with E-state index in [1.54, 1.807) is 0 Å². The van der Waals surface area contributed by atoms with Crippen LogP contribution in [0.25, 0.3) is 0 Å². The molecule has 0 aromatic carbocycles. The maximum Gasteiger partial charge on any atom is 0.309 e. The molecular formula is C16H27N3O2. The number of nitrogens with one attached hydrogen (secondary N) is 2. The molecule has 5 nitrogen and oxygen atoms in total. The normalized spacial score (nSPS) is 36.8. The van der Waals surface area contributed by atoms with E-state index in [0.717, 1.165) is 43.6 Å². The van der Waals surface area contributed by atoms with Crippen LogP contribution in [0.4, 0.5) is 0 Å². The maximum absolute atomic E-state index is 12.2. The van der Waals surface area contributed by atoms with Gasteiger partial charge in [0.2, 0.25) is 0 Å². The molecule has 0 aliphatic heterocycles. The molecule has 0 atom stereocenters. The molecule has 0 spiro atoms. The number of likely N-dealkylation sites (N-methyl/N-ethyl adjacent to an activating group) is 1. The summed E-state index contributed by atoms with van der Waals surface area (Å²) >= 11 is 0. The zero-order valence-electron chi connectivity index (χ0n) is 13.2. The van der Waals surface area contributed by atoms with E-state index in [0.29, 0.717) is 6.54 Å². The van der Waals surface area contributed by atoms with Crippen molar-refractivity contribution in [1.29, 1.82) is 0 Å². The standard InChI is InChI=1S/C16H27N3O2/c1-19(2)4-3-17-14(20)15(21)18-16-8-11-5-12(9-16)7-13(6-11)10-16/h11-13H,3-10H2,1-2H3,(H,17,20)(H,18,21). The van der Waals surface area contributed by atoms with E-state index >= 15 is 0 Å². The average Bonchev–Trinajstić information content (AvgIpc) is 2.35. The molecule has 2 N–H and O–H groups in total. The summed E-state index contributed by atoms with van der Waals surface area (Å²) in [5.41, 5.74) is -0.0786. The Morgan fingerprint density at radius 2 is 1.52 bits per heavy atom. The van der Waals surface area contributed by atoms with Crippen LogP contribution in [0, 0.1) is 17.8 Å². The van der Waals surface area contributed by atoms with Crippen LogP contribution in [-0.2, 0) is 9.59 Å². The van der Waals surface area contributed by atoms with Gasteiger partial charge in [-0.05, 0) is 70.4 Å². The van der Waals surface area contributed by atoms with Gasteiger partial charge in [-0.1, -0.05) is 0 Å². The summed E-state index contributed by atoms with van der Waals surface area (Å²) in [6.45, 7) is 1.26. The third-order valence-corrected chi connectivity index (χ3v) is 5.47. The highest BCUT2D eigenvalue weighted by molar-refractivity contribution is 6.35. The van der Waals surface area contributed by atoms with Gasteiger partial charge in [0, 0.05) is 18.6 Å². The summed E-state index contributed by atoms with van der Waals surface area (Å²) in [6, 6.07) is 0. The van der Waals surface area contributed by atoms with Gasteiger partial charge in [0.05, 0.1) is 0 Å². The zero-order chi connectivity index (χ0) is 15.0. The predicted octanol–water partition coefficient (Wildman–Crippen LogP) is 0.749. The number of hydrogen-bond acceptors (Lipinski definition) is 3. The molecule has 4 saturated carbocycles. The fourth-order valence-electron chi connectivity index (χ4n) is 5.03. The molecule has 21 heavy (non-hydrogen) atoms. The molecule has 4 rings (SSSR count). The Labute approximate surface area is 126 Å². The van der Waals surface area contributed by atoms with Crippen LogP contribution in [0.1, 0.15) is 38.5 Å². The van der Waals surface area contributed by atoms with Gasteiger partial charge in [-0.25, -0.2) is 0 Å². The summed E-state index contributed by atoms with van der Waals surface area (Å²) in [6.07, 6.45) is 7.25. The molecule has 4 aliphatic carbocycles. The SMILES string of the molecule is CN(C)CCNC(=O)C(=O)NC12CC3CC(CC(C3)C1)C2. The Morgan fingerprint density at radius 3 is 2.00 bits per heavy atom. The molecule has 5 heteroatoms. The fraction of sp³-hybridized carbons (Fsp3) is 0.875. The van der Waals surface area contributed by atoms with E-state index in [-0.39, 0.29) is 5.54 Å². The maximum atomic E-state index is 12.2. The minimum atomic E-state index is -0.479. The summed E-state index contributed by atoms with van der Waals surface area (Å²) in [4.78, 5) is 26.1. The van der Waals surface area contributed by atoms with E-state index < -0.39 is 11.8 Å². The van der Waals surface area contributed by atoms with Crippen molar-refractivity contribution >= 4 is 11.8 Å². The fourth-order valence-corrected chi connectivity index (χ4v) is 5.03. The smallest absolute Gasteiger partial charge is 0.309 e. The Hall–Kier alpha value is -1.10. The first-order valence-electron chi connectivity index (χ1n) is 8.21. The number of rotatable bonds is 4. The molecular weight excluding hydrogens is 266 g/mol. The number of nitrogens with zero attached hydrogens (tertiary/aromatic N) is 1. The Balaban J connectivity index is 1.54. The van der Waals surface area contributed by atoms with Crippen LogP contribution >= 0.6 is 0 Å². The molecule has 0 radical (unpaired) electrons. The molecule has 0 aromatic heterocycles. The van der Waals surface area contributed by atoms with E-state index in [4.69, 9.17) is 0 Å². The van der Waals surface area contributed by atoms with Crippen LogP contribution in [0.3, 0.4) is 0 Å². The molecule has 0 unspecified atom stereocenters. The molecule has 118 valence electrons. The van der Waals surface area contributed by atoms with Crippen LogP contribution in [-0.4, -0.2) is 49.4 Å². The van der Waals surface area contributed by atoms with Crippen molar-refractivity contribution < 1.29 is 9.59 Å². The average molecular weight is 293 g/mol. The largest absolute Gasteiger partial charge is 0.347 e. The Kier molecular flexibility index (Phi) is 3.95. The quantitative estimate of drug-likeness (QED) is 0.752. The van der Waals surface area contributed by atoms with Crippen molar-refractivity contribution in [3.63, 3.8) is 0 Å². The van der Waals surface area contributed by atoms with E-state index in [9.17, 15) is 9.59 Å². The highest BCUT2D eigenvalue weighted by atomic mass is 16.2. The monoisotopic (exact) mass is 293 g/mol. The molecule has 4 aliphatic rings. The van der Waals surface area contributed by atoms with E-state index in [1.807, 2.05) is 19.0 Å². The number of hydrogen-bond donors (Lipinski definition) is 2. The number of carbonyl (C=O) groups excluding carboxylic acids is 2. The minimum absolute atomic E-state index is 0.0786. The first-order valence-corrected chi connectivity index (χ1v) is 8.21. The van der Waals surface area contributed by atoms with Crippen molar-refractivity contribution in [3.05, 3.63) is 0 Å². The summed E-state index contributed by atoms with van der Waals surface area (Å²) in [5, 5.41) is 5.80. The summed E-state index contributed by atoms with van der Waals surface area (Å²) in [7, 11) is 3.89. The van der Waals surface area contributed by atoms with Crippen LogP contribution in [0.2, 0.25) is 0 Å². The first kappa shape index (κ1) is 14.8. The highest BCUT2D eigenvalue weighted by Gasteiger charge is 2.51. The molecule has 4 bridgehead atoms. The van der Waals surface area contributed by atoms with Crippen LogP contribution < -0.4 is 10.6 Å². The number of carbonyl (C=O) groups is 2. The lowest BCUT2D eigenvalue weighted by Gasteiger charge is -2.56. The van der Waals surface area contributed by atoms with Gasteiger partial charge in [-0.2, -0.15) is 0 Å². The van der Waals surface area contributed by atoms with Gasteiger partial charge in [0.25, 0.3) is 0 Å². The van der Waals surface area contributed by atoms with Crippen LogP contribution in [0.5, 0.6) is 0 Å². The topological polar surface area (TPSA) is 61.4 Å². The van der Waals surface area contributed by atoms with Gasteiger partial charge in [0.1, 0.15) is 0 Å². The van der Waals surface area contributed by atoms with E-state index in [2.05, 4.69) is 10.6 Å². The predicted molar refractivity (Wildman–Crippen MR) is 80.6 cm³/mol. The Morgan fingerprint density at radius 1 is 1.00 bits per heavy atom. The highest BCUT2D eigenvalue weighted by Crippen LogP contribution is 2.55. The molecule has 0 aromatic rings. The molecule has 4 fully saturated rings. The molecule has 2 amide bonds. The summed E-state index contributed by atoms with van der Waals surface area (Å²) < 4.78 is 0. The van der Waals surface area contributed by atoms with Crippen molar-refractivity contribution in [3.8, 4) is 0 Å². The lowest BCUT2D eigenvalue weighted by molar-refractivity contribution is -0.142. The molecule has 0 heterocycles. The van der Waals surface area contributed by atoms with Gasteiger partial charge in [-0.15, -0.1) is 0 Å². The second kappa shape index (κ2) is 5.59. The van der Waals surface area contributed by atoms with Gasteiger partial charge in [-0.3, -0.25) is 9.59 Å². The third kappa shape index (κ3) is 3.23. The Bertz CT molecular complexity index is 398. The van der Waals surface area contributed by atoms with Gasteiger partial charge < -0.3 is 15.5 Å². The third-order valence-electron chi connectivity index (χ3n) is 5.47. The van der Waals surface area contributed by atoms with Crippen molar-refractivity contribution in [2.75, 3.05) is 27.2 Å². The number of amides is 2. The van der Waals surface area contributed by atoms with Crippen molar-refractivity contribution in [1.82, 2.24) is 15.5 Å². The van der Waals surface area contributed by atoms with Crippen LogP contribution in [0.15, 0.2) is 0 Å². The lowest BCUT2D eigenvalue weighted by Crippen LogP contribution is -2.61. The lowest BCUT2D eigenvalue weighted by atomic mass is 9.53. The minimum Gasteiger partial charge on any atom is -0.347 e.